The van der Waals surface area contributed by atoms with E-state index in [-0.39, 0.29) is 63.0 Å². The summed E-state index contributed by atoms with van der Waals surface area (Å²) in [6.07, 6.45) is 16.0. The molecule has 0 spiro atoms. The van der Waals surface area contributed by atoms with Gasteiger partial charge in [-0.15, -0.1) is 11.8 Å². The van der Waals surface area contributed by atoms with E-state index in [0.717, 1.165) is 4.90 Å². The van der Waals surface area contributed by atoms with Gasteiger partial charge in [0.05, 0.1) is 24.1 Å². The number of esters is 1. The maximum Gasteiger partial charge on any atom is 0 e. The Morgan fingerprint density at radius 3 is 1.82 bits per heavy atom. The topological polar surface area (TPSA) is 125 Å². The van der Waals surface area contributed by atoms with Gasteiger partial charge in [0.25, 0.3) is 0 Å². The van der Waals surface area contributed by atoms with Gasteiger partial charge in [-0.3, -0.25) is 0 Å². The summed E-state index contributed by atoms with van der Waals surface area (Å²) in [5, 5.41) is 9.94. The Bertz CT molecular complexity index is 1250. The monoisotopic (exact) mass is 804 g/mol. The number of rotatable bonds is 17. The second-order valence-electron chi connectivity index (χ2n) is 13.9. The van der Waals surface area contributed by atoms with Gasteiger partial charge in [-0.05, 0) is 80.3 Å². The second-order valence-corrected chi connectivity index (χ2v) is 24.7. The summed E-state index contributed by atoms with van der Waals surface area (Å²) < 4.78 is 54.6. The van der Waals surface area contributed by atoms with Gasteiger partial charge in [0.2, 0.25) is 0 Å². The summed E-state index contributed by atoms with van der Waals surface area (Å²) in [5.41, 5.74) is 0. The number of hydrogen-bond acceptors (Lipinski definition) is 6. The maximum atomic E-state index is 13.6. The molecule has 3 atom stereocenters. The molecule has 51 heavy (non-hydrogen) atoms. The number of carbonyl (C=O) groups is 1. The van der Waals surface area contributed by atoms with Crippen LogP contribution < -0.4 is 0 Å². The van der Waals surface area contributed by atoms with Crippen molar-refractivity contribution in [1.29, 1.82) is 0 Å². The third-order valence-corrected chi connectivity index (χ3v) is 18.5. The van der Waals surface area contributed by atoms with Crippen LogP contribution in [0.25, 0.3) is 0 Å². The zero-order valence-electron chi connectivity index (χ0n) is 31.9. The molecule has 0 fully saturated rings. The van der Waals surface area contributed by atoms with Crippen molar-refractivity contribution in [2.24, 2.45) is 0 Å². The summed E-state index contributed by atoms with van der Waals surface area (Å²) in [4.78, 5) is 12.5. The minimum Gasteiger partial charge on any atom is 0 e. The number of benzene rings is 1. The summed E-state index contributed by atoms with van der Waals surface area (Å²) in [6, 6.07) is 6.50. The number of ether oxygens (including phenoxy) is 1. The van der Waals surface area contributed by atoms with Gasteiger partial charge < -0.3 is 18.7 Å². The van der Waals surface area contributed by atoms with Crippen molar-refractivity contribution in [2.45, 2.75) is 120 Å². The number of thioether (sulfide) groups is 1. The minimum atomic E-state index is -2.13. The Hall–Kier alpha value is -2.02. The fourth-order valence-electron chi connectivity index (χ4n) is 3.58. The molecular formula is C38H57FFeO8SSi2. The molecule has 13 heteroatoms. The van der Waals surface area contributed by atoms with Crippen molar-refractivity contribution in [3.63, 3.8) is 0 Å². The molecule has 0 aliphatic carbocycles. The molecule has 0 aliphatic rings. The molecule has 0 saturated carbocycles. The summed E-state index contributed by atoms with van der Waals surface area (Å²) in [7, 11) is -4.19. The van der Waals surface area contributed by atoms with Crippen LogP contribution in [0.15, 0.2) is 77.8 Å². The van der Waals surface area contributed by atoms with E-state index in [1.54, 1.807) is 36.9 Å². The molecule has 8 nitrogen and oxygen atoms in total. The zero-order valence-corrected chi connectivity index (χ0v) is 35.9. The van der Waals surface area contributed by atoms with Crippen LogP contribution >= 0.6 is 11.8 Å². The number of carbonyl (C=O) groups excluding carboxylic acids is 1. The fourth-order valence-corrected chi connectivity index (χ4v) is 7.46. The van der Waals surface area contributed by atoms with Crippen LogP contribution in [0.3, 0.4) is 0 Å². The zero-order chi connectivity index (χ0) is 39.6. The van der Waals surface area contributed by atoms with Crippen LogP contribution in [-0.4, -0.2) is 58.4 Å². The predicted octanol–water partition coefficient (Wildman–Crippen LogP) is 9.51. The predicted molar refractivity (Wildman–Crippen MR) is 201 cm³/mol. The van der Waals surface area contributed by atoms with Crippen LogP contribution in [0.4, 0.5) is 4.39 Å². The van der Waals surface area contributed by atoms with E-state index in [1.807, 2.05) is 24.3 Å². The first-order valence-electron chi connectivity index (χ1n) is 16.2. The Kier molecular flexibility index (Phi) is 32.2. The van der Waals surface area contributed by atoms with E-state index in [9.17, 15) is 14.3 Å². The summed E-state index contributed by atoms with van der Waals surface area (Å²) >= 11 is 1.61. The quantitative estimate of drug-likeness (QED) is 0.0318. The van der Waals surface area contributed by atoms with Crippen LogP contribution in [0.1, 0.15) is 61.3 Å². The van der Waals surface area contributed by atoms with Crippen molar-refractivity contribution in [3.8, 4) is 0 Å². The molecule has 1 rings (SSSR count). The van der Waals surface area contributed by atoms with Crippen LogP contribution in [0, 0.1) is 25.8 Å². The van der Waals surface area contributed by atoms with Crippen LogP contribution in [0.2, 0.25) is 36.3 Å². The molecule has 0 heterocycles. The average Bonchev–Trinajstić information content (AvgIpc) is 3.04. The van der Waals surface area contributed by atoms with E-state index >= 15 is 0 Å². The van der Waals surface area contributed by atoms with Gasteiger partial charge in [-0.2, -0.15) is 0 Å². The smallest absolute Gasteiger partial charge is 0 e. The normalized spacial score (nSPS) is 13.9. The first kappa shape index (κ1) is 55.7. The van der Waals surface area contributed by atoms with Crippen molar-refractivity contribution in [2.75, 3.05) is 13.2 Å². The molecule has 1 aromatic carbocycles. The van der Waals surface area contributed by atoms with Gasteiger partial charge >= 0.3 is 39.9 Å². The molecule has 1 aromatic rings. The van der Waals surface area contributed by atoms with Gasteiger partial charge in [0, 0.05) is 34.6 Å². The number of aliphatic hydroxyl groups is 1. The molecule has 286 valence electrons. The molecule has 1 N–H and O–H groups in total. The molecule has 0 bridgehead atoms. The third-order valence-electron chi connectivity index (χ3n) is 8.24. The minimum absolute atomic E-state index is 0. The average molecular weight is 805 g/mol. The van der Waals surface area contributed by atoms with Crippen LogP contribution in [0.5, 0.6) is 0 Å². The number of hydrogen-bond donors (Lipinski definition) is 1. The van der Waals surface area contributed by atoms with Gasteiger partial charge in [-0.1, -0.05) is 84.1 Å². The largest absolute Gasteiger partial charge is 0 e. The molecule has 0 saturated heterocycles. The van der Waals surface area contributed by atoms with E-state index in [0.29, 0.717) is 19.4 Å². The third kappa shape index (κ3) is 24.0. The molecule has 0 aliphatic heterocycles. The van der Waals surface area contributed by atoms with Crippen molar-refractivity contribution >= 4 is 34.4 Å². The number of aliphatic hydroxyl groups excluding tert-OH is 1. The Morgan fingerprint density at radius 2 is 1.35 bits per heavy atom. The van der Waals surface area contributed by atoms with Crippen LogP contribution in [-0.2, 0) is 49.4 Å². The van der Waals surface area contributed by atoms with Crippen molar-refractivity contribution in [1.82, 2.24) is 0 Å². The Morgan fingerprint density at radius 1 is 0.863 bits per heavy atom. The number of halogens is 1. The summed E-state index contributed by atoms with van der Waals surface area (Å²) in [5.74, 6) is -0.631. The Balaban J connectivity index is -0.00000149. The first-order chi connectivity index (χ1) is 23.3. The molecule has 0 unspecified atom stereocenters. The molecule has 0 aromatic heterocycles. The van der Waals surface area contributed by atoms with Gasteiger partial charge in [0.1, 0.15) is 5.82 Å². The van der Waals surface area contributed by atoms with E-state index in [2.05, 4.69) is 99.8 Å². The fraction of sp³-hybridized carbons (Fsp3) is 0.526. The van der Waals surface area contributed by atoms with E-state index < -0.39 is 16.6 Å². The Labute approximate surface area is 323 Å². The van der Waals surface area contributed by atoms with Crippen molar-refractivity contribution < 1.29 is 58.9 Å². The van der Waals surface area contributed by atoms with Gasteiger partial charge in [-0.25, -0.2) is 9.18 Å². The first-order valence-corrected chi connectivity index (χ1v) is 22.9. The van der Waals surface area contributed by atoms with E-state index in [4.69, 9.17) is 27.5 Å². The maximum absolute atomic E-state index is 13.6. The second kappa shape index (κ2) is 29.4. The number of allylic oxidation sites excluding steroid dienone is 4. The summed E-state index contributed by atoms with van der Waals surface area (Å²) in [6.45, 7) is 37.8. The van der Waals surface area contributed by atoms with E-state index in [1.165, 1.54) is 18.2 Å². The molecule has 0 radical (unpaired) electrons. The molecular weight excluding hydrogens is 747 g/mol. The van der Waals surface area contributed by atoms with Crippen molar-refractivity contribution in [3.05, 3.63) is 98.6 Å². The standard InChI is InChI=1S/C35H57FO5SSi2.3CO.Fe/c1-12-39-33(38)21-15-13-14-18-29(40-43(8,9)34(2,3)4)19-16-17-20-32(42-30-24-22-28(36)23-25-30)31(26-27-37)41-44(10,11)35(5,6)7;3*1-2;/h13-17,19-25,29,31-32,37H,12,18,26-27H2,1-11H3;;;;/b14-13+,19-16+,20-17-,21-15-;;;;/t29-,31+,32+;;;;/m0..../s1. The molecule has 0 amide bonds. The SMILES string of the molecule is CCOC(=O)/C=C\C=C\C[C@@H](/C=C/C=C\[C@@H](Sc1ccc(F)cc1)[C@@H](CCO)O[Si](C)(C)C(C)(C)C)O[Si](C)(C)C(C)(C)C.[C-]#[O+].[C-]#[O+].[C-]#[O+].[Fe]. The van der Waals surface area contributed by atoms with Gasteiger partial charge in [0.15, 0.2) is 16.6 Å².